The summed E-state index contributed by atoms with van der Waals surface area (Å²) < 4.78 is 8.83. The number of hydrogen-bond donors (Lipinski definition) is 1. The smallest absolute Gasteiger partial charge is 0.332 e. The summed E-state index contributed by atoms with van der Waals surface area (Å²) in [7, 11) is 6.25. The van der Waals surface area contributed by atoms with Crippen LogP contribution in [0.1, 0.15) is 32.2 Å². The summed E-state index contributed by atoms with van der Waals surface area (Å²) in [6.45, 7) is 12.4. The fourth-order valence-electron chi connectivity index (χ4n) is 5.81. The van der Waals surface area contributed by atoms with E-state index in [4.69, 9.17) is 0 Å². The molecule has 5 rings (SSSR count). The molecule has 15 nitrogen and oxygen atoms in total. The molecule has 0 aliphatic carbocycles. The molecule has 0 saturated heterocycles. The number of aromatic nitrogens is 8. The van der Waals surface area contributed by atoms with Gasteiger partial charge in [0.2, 0.25) is 0 Å². The van der Waals surface area contributed by atoms with Crippen molar-refractivity contribution in [3.05, 3.63) is 89.7 Å². The van der Waals surface area contributed by atoms with Crippen LogP contribution in [0.5, 0.6) is 0 Å². The van der Waals surface area contributed by atoms with Gasteiger partial charge in [0.15, 0.2) is 22.3 Å². The highest BCUT2D eigenvalue weighted by Crippen LogP contribution is 2.15. The van der Waals surface area contributed by atoms with E-state index < -0.39 is 0 Å². The fourth-order valence-corrected chi connectivity index (χ4v) is 5.81. The molecule has 0 radical (unpaired) electrons. The molecule has 0 bridgehead atoms. The summed E-state index contributed by atoms with van der Waals surface area (Å²) in [6.07, 6.45) is 2.20. The lowest BCUT2D eigenvalue weighted by atomic mass is 10.1. The van der Waals surface area contributed by atoms with E-state index in [0.717, 1.165) is 46.7 Å². The third-order valence-electron chi connectivity index (χ3n) is 8.90. The second-order valence-corrected chi connectivity index (χ2v) is 11.7. The van der Waals surface area contributed by atoms with Gasteiger partial charge < -0.3 is 19.1 Å². The molecule has 48 heavy (non-hydrogen) atoms. The number of imidazole rings is 2. The first-order valence-electron chi connectivity index (χ1n) is 16.3. The van der Waals surface area contributed by atoms with Gasteiger partial charge in [-0.05, 0) is 25.2 Å². The van der Waals surface area contributed by atoms with Crippen molar-refractivity contribution in [2.24, 2.45) is 28.2 Å². The van der Waals surface area contributed by atoms with Gasteiger partial charge in [0.05, 0.1) is 12.9 Å². The van der Waals surface area contributed by atoms with Gasteiger partial charge in [-0.3, -0.25) is 32.8 Å². The Morgan fingerprint density at radius 2 is 1.25 bits per heavy atom. The zero-order valence-electron chi connectivity index (χ0n) is 29.1. The van der Waals surface area contributed by atoms with E-state index in [9.17, 15) is 24.3 Å². The van der Waals surface area contributed by atoms with Crippen molar-refractivity contribution in [1.29, 1.82) is 0 Å². The van der Waals surface area contributed by atoms with Crippen molar-refractivity contribution in [3.8, 4) is 0 Å². The molecular formula is C33H48N10O5. The number of nitrogens with zero attached hydrogens (tertiary/aromatic N) is 10. The van der Waals surface area contributed by atoms with E-state index in [2.05, 4.69) is 33.6 Å². The molecule has 0 spiro atoms. The number of aryl methyl sites for hydroxylation is 2. The predicted octanol–water partition coefficient (Wildman–Crippen LogP) is 0.114. The van der Waals surface area contributed by atoms with Gasteiger partial charge in [-0.25, -0.2) is 19.6 Å². The Hall–Kier alpha value is -4.60. The summed E-state index contributed by atoms with van der Waals surface area (Å²) in [5.74, 6) is 0.750. The van der Waals surface area contributed by atoms with Crippen LogP contribution in [0.4, 0.5) is 0 Å². The first-order valence-corrected chi connectivity index (χ1v) is 16.3. The highest BCUT2D eigenvalue weighted by atomic mass is 16.3. The summed E-state index contributed by atoms with van der Waals surface area (Å²) >= 11 is 0. The van der Waals surface area contributed by atoms with Crippen LogP contribution in [0.15, 0.2) is 55.8 Å². The Morgan fingerprint density at radius 3 is 1.83 bits per heavy atom. The number of rotatable bonds is 13. The van der Waals surface area contributed by atoms with Crippen LogP contribution in [0, 0.1) is 0 Å². The topological polar surface area (TPSA) is 150 Å². The van der Waals surface area contributed by atoms with Gasteiger partial charge in [0.25, 0.3) is 11.1 Å². The highest BCUT2D eigenvalue weighted by molar-refractivity contribution is 5.71. The molecule has 0 atom stereocenters. The maximum Gasteiger partial charge on any atom is 0.332 e. The number of aliphatic hydroxyl groups excluding tert-OH is 1. The summed E-state index contributed by atoms with van der Waals surface area (Å²) in [4.78, 5) is 62.5. The first kappa shape index (κ1) is 36.2. The molecular weight excluding hydrogens is 616 g/mol. The average Bonchev–Trinajstić information content (AvgIpc) is 3.69. The van der Waals surface area contributed by atoms with Gasteiger partial charge in [-0.2, -0.15) is 0 Å². The standard InChI is InChI=1S/C20H27N5O3.C13H21N5O2/c1-4-24(12-13-26)10-11-25-16(14-15-8-6-5-7-9-15)21-18-17(25)19(27)23(3)20(28)22(18)2;1-5-17(6-2)7-8-18-9-14-11-10(18)12(19)16(4)13(20)15(11)3/h5-9,26H,4,10-14H2,1-3H3;9H,5-8H2,1-4H3. The monoisotopic (exact) mass is 664 g/mol. The van der Waals surface area contributed by atoms with Crippen LogP contribution < -0.4 is 22.5 Å². The number of hydrogen-bond acceptors (Lipinski definition) is 9. The molecule has 4 aromatic heterocycles. The normalized spacial score (nSPS) is 11.6. The van der Waals surface area contributed by atoms with Gasteiger partial charge >= 0.3 is 11.4 Å². The number of benzene rings is 1. The second-order valence-electron chi connectivity index (χ2n) is 11.7. The lowest BCUT2D eigenvalue weighted by molar-refractivity contribution is 0.197. The largest absolute Gasteiger partial charge is 0.395 e. The summed E-state index contributed by atoms with van der Waals surface area (Å²) in [6, 6.07) is 9.93. The molecule has 5 aromatic rings. The maximum absolute atomic E-state index is 12.9. The zero-order chi connectivity index (χ0) is 35.1. The van der Waals surface area contributed by atoms with Crippen molar-refractivity contribution < 1.29 is 5.11 Å². The SMILES string of the molecule is CCN(CC)CCn1cnc2c1c(=O)n(C)c(=O)n2C.CCN(CCO)CCn1c(Cc2ccccc2)nc2c1c(=O)n(C)c(=O)n2C. The fraction of sp³-hybridized carbons (Fsp3) is 0.515. The van der Waals surface area contributed by atoms with E-state index in [1.807, 2.05) is 46.4 Å². The average molecular weight is 665 g/mol. The number of aliphatic hydroxyl groups is 1. The molecule has 260 valence electrons. The molecule has 0 aliphatic rings. The Kier molecular flexibility index (Phi) is 12.1. The minimum absolute atomic E-state index is 0.0889. The molecule has 15 heteroatoms. The van der Waals surface area contributed by atoms with Crippen LogP contribution in [-0.2, 0) is 47.7 Å². The van der Waals surface area contributed by atoms with E-state index in [0.29, 0.717) is 54.9 Å². The van der Waals surface area contributed by atoms with E-state index in [-0.39, 0.29) is 29.1 Å². The van der Waals surface area contributed by atoms with E-state index in [1.54, 1.807) is 20.4 Å². The van der Waals surface area contributed by atoms with E-state index >= 15 is 0 Å². The van der Waals surface area contributed by atoms with Crippen molar-refractivity contribution in [3.63, 3.8) is 0 Å². The van der Waals surface area contributed by atoms with Gasteiger partial charge in [-0.15, -0.1) is 0 Å². The Labute approximate surface area is 278 Å². The lowest BCUT2D eigenvalue weighted by Crippen LogP contribution is -2.38. The number of fused-ring (bicyclic) bond motifs is 2. The summed E-state index contributed by atoms with van der Waals surface area (Å²) in [5, 5.41) is 9.24. The molecule has 0 unspecified atom stereocenters. The van der Waals surface area contributed by atoms with Crippen molar-refractivity contribution in [1.82, 2.24) is 47.2 Å². The Morgan fingerprint density at radius 1 is 0.688 bits per heavy atom. The minimum Gasteiger partial charge on any atom is -0.395 e. The van der Waals surface area contributed by atoms with Crippen LogP contribution in [0.2, 0.25) is 0 Å². The van der Waals surface area contributed by atoms with Crippen molar-refractivity contribution in [2.75, 3.05) is 45.9 Å². The van der Waals surface area contributed by atoms with Gasteiger partial charge in [-0.1, -0.05) is 51.1 Å². The Bertz CT molecular complexity index is 2080. The quantitative estimate of drug-likeness (QED) is 0.185. The minimum atomic E-state index is -0.385. The third-order valence-corrected chi connectivity index (χ3v) is 8.90. The van der Waals surface area contributed by atoms with Crippen molar-refractivity contribution in [2.45, 2.75) is 40.3 Å². The molecule has 0 amide bonds. The predicted molar refractivity (Wildman–Crippen MR) is 187 cm³/mol. The Balaban J connectivity index is 0.000000229. The molecule has 4 heterocycles. The van der Waals surface area contributed by atoms with Gasteiger partial charge in [0, 0.05) is 67.3 Å². The highest BCUT2D eigenvalue weighted by Gasteiger charge is 2.20. The van der Waals surface area contributed by atoms with Crippen molar-refractivity contribution >= 4 is 22.3 Å². The summed E-state index contributed by atoms with van der Waals surface area (Å²) in [5.41, 5.74) is 1.50. The molecule has 0 fully saturated rings. The third kappa shape index (κ3) is 7.42. The number of likely N-dealkylation sites (N-methyl/N-ethyl adjacent to an activating group) is 2. The first-order chi connectivity index (χ1) is 23.0. The van der Waals surface area contributed by atoms with Gasteiger partial charge in [0.1, 0.15) is 5.82 Å². The molecule has 1 N–H and O–H groups in total. The molecule has 0 aliphatic heterocycles. The van der Waals surface area contributed by atoms with Crippen LogP contribution in [0.25, 0.3) is 22.3 Å². The maximum atomic E-state index is 12.9. The lowest BCUT2D eigenvalue weighted by Gasteiger charge is -2.20. The second kappa shape index (κ2) is 16.0. The van der Waals surface area contributed by atoms with E-state index in [1.165, 1.54) is 23.2 Å². The molecule has 1 aromatic carbocycles. The van der Waals surface area contributed by atoms with Crippen LogP contribution in [0.3, 0.4) is 0 Å². The van der Waals surface area contributed by atoms with Crippen LogP contribution in [-0.4, -0.2) is 98.2 Å². The molecule has 0 saturated carbocycles. The zero-order valence-corrected chi connectivity index (χ0v) is 29.1. The van der Waals surface area contributed by atoms with Crippen LogP contribution >= 0.6 is 0 Å².